The van der Waals surface area contributed by atoms with Gasteiger partial charge in [-0.15, -0.1) is 11.6 Å². The highest BCUT2D eigenvalue weighted by atomic mass is 35.5. The Hall–Kier alpha value is -0.760. The van der Waals surface area contributed by atoms with E-state index in [9.17, 15) is 0 Å². The van der Waals surface area contributed by atoms with Crippen LogP contribution in [-0.2, 0) is 0 Å². The second-order valence-corrected chi connectivity index (χ2v) is 4.57. The number of alkyl halides is 1. The lowest BCUT2D eigenvalue weighted by molar-refractivity contribution is 0.375. The summed E-state index contributed by atoms with van der Waals surface area (Å²) in [5.41, 5.74) is 1.17. The Kier molecular flexibility index (Phi) is 3.47. The fraction of sp³-hybridized carbons (Fsp3) is 0.583. The number of aromatic nitrogens is 1. The molecule has 0 radical (unpaired) electrons. The Morgan fingerprint density at radius 1 is 1.40 bits per heavy atom. The Morgan fingerprint density at radius 2 is 2.20 bits per heavy atom. The number of hydrogen-bond acceptors (Lipinski definition) is 2. The third kappa shape index (κ3) is 2.25. The lowest BCUT2D eigenvalue weighted by Gasteiger charge is -2.27. The number of rotatable bonds is 2. The first-order valence-corrected chi connectivity index (χ1v) is 5.89. The number of nitrogens with zero attached hydrogens (tertiary/aromatic N) is 1. The van der Waals surface area contributed by atoms with E-state index in [1.807, 2.05) is 6.07 Å². The average Bonchev–Trinajstić information content (AvgIpc) is 2.30. The molecule has 0 N–H and O–H groups in total. The molecular formula is C12H16ClNO. The van der Waals surface area contributed by atoms with E-state index in [0.29, 0.717) is 5.92 Å². The van der Waals surface area contributed by atoms with E-state index in [1.165, 1.54) is 18.4 Å². The molecule has 82 valence electrons. The summed E-state index contributed by atoms with van der Waals surface area (Å²) in [5.74, 6) is 1.14. The fourth-order valence-corrected chi connectivity index (χ4v) is 2.71. The maximum Gasteiger partial charge on any atom is 0.216 e. The van der Waals surface area contributed by atoms with Gasteiger partial charge in [0.25, 0.3) is 0 Å². The molecule has 1 fully saturated rings. The van der Waals surface area contributed by atoms with Gasteiger partial charge in [-0.2, -0.15) is 0 Å². The minimum Gasteiger partial charge on any atom is -0.481 e. The molecule has 3 heteroatoms. The van der Waals surface area contributed by atoms with Crippen LogP contribution in [0.15, 0.2) is 18.3 Å². The summed E-state index contributed by atoms with van der Waals surface area (Å²) in [4.78, 5) is 4.23. The minimum atomic E-state index is 0.233. The number of methoxy groups -OCH3 is 1. The van der Waals surface area contributed by atoms with Crippen molar-refractivity contribution in [2.75, 3.05) is 7.11 Å². The van der Waals surface area contributed by atoms with Gasteiger partial charge in [-0.1, -0.05) is 18.9 Å². The summed E-state index contributed by atoms with van der Waals surface area (Å²) in [6.45, 7) is 0. The van der Waals surface area contributed by atoms with E-state index in [0.717, 1.165) is 18.7 Å². The largest absolute Gasteiger partial charge is 0.481 e. The summed E-state index contributed by atoms with van der Waals surface area (Å²) in [6, 6.07) is 4.03. The van der Waals surface area contributed by atoms with E-state index in [2.05, 4.69) is 11.1 Å². The standard InChI is InChI=1S/C12H16ClNO/c1-15-12-10(6-4-8-14-12)9-5-2-3-7-11(9)13/h4,6,8-9,11H,2-3,5,7H2,1H3. The topological polar surface area (TPSA) is 22.1 Å². The zero-order valence-corrected chi connectivity index (χ0v) is 9.70. The Balaban J connectivity index is 2.26. The van der Waals surface area contributed by atoms with Gasteiger partial charge < -0.3 is 4.74 Å². The molecule has 1 aliphatic rings. The van der Waals surface area contributed by atoms with Crippen LogP contribution < -0.4 is 4.74 Å². The van der Waals surface area contributed by atoms with Gasteiger partial charge in [-0.25, -0.2) is 4.98 Å². The quantitative estimate of drug-likeness (QED) is 0.721. The van der Waals surface area contributed by atoms with Gasteiger partial charge in [0.15, 0.2) is 0 Å². The van der Waals surface area contributed by atoms with Crippen LogP contribution >= 0.6 is 11.6 Å². The Morgan fingerprint density at radius 3 is 2.93 bits per heavy atom. The van der Waals surface area contributed by atoms with Gasteiger partial charge >= 0.3 is 0 Å². The number of hydrogen-bond donors (Lipinski definition) is 0. The van der Waals surface area contributed by atoms with Crippen LogP contribution in [0.1, 0.15) is 37.2 Å². The molecule has 1 aliphatic carbocycles. The van der Waals surface area contributed by atoms with Crippen molar-refractivity contribution >= 4 is 11.6 Å². The summed E-state index contributed by atoms with van der Waals surface area (Å²) in [7, 11) is 1.66. The van der Waals surface area contributed by atoms with Crippen LogP contribution in [0, 0.1) is 0 Å². The van der Waals surface area contributed by atoms with Crippen LogP contribution in [-0.4, -0.2) is 17.5 Å². The predicted molar refractivity (Wildman–Crippen MR) is 61.6 cm³/mol. The lowest BCUT2D eigenvalue weighted by atomic mass is 9.84. The first-order chi connectivity index (χ1) is 7.33. The third-order valence-electron chi connectivity index (χ3n) is 3.08. The molecule has 0 bridgehead atoms. The van der Waals surface area contributed by atoms with Crippen LogP contribution in [0.2, 0.25) is 0 Å². The van der Waals surface area contributed by atoms with Gasteiger partial charge in [-0.3, -0.25) is 0 Å². The monoisotopic (exact) mass is 225 g/mol. The van der Waals surface area contributed by atoms with E-state index in [1.54, 1.807) is 13.3 Å². The molecule has 1 heterocycles. The molecule has 1 aromatic rings. The summed E-state index contributed by atoms with van der Waals surface area (Å²) in [5, 5.41) is 0.233. The van der Waals surface area contributed by atoms with E-state index >= 15 is 0 Å². The smallest absolute Gasteiger partial charge is 0.216 e. The first-order valence-electron chi connectivity index (χ1n) is 5.46. The van der Waals surface area contributed by atoms with E-state index in [4.69, 9.17) is 16.3 Å². The highest BCUT2D eigenvalue weighted by Crippen LogP contribution is 2.39. The lowest BCUT2D eigenvalue weighted by Crippen LogP contribution is -2.18. The molecule has 1 aromatic heterocycles. The highest BCUT2D eigenvalue weighted by Gasteiger charge is 2.27. The first kappa shape index (κ1) is 10.7. The Labute approximate surface area is 95.6 Å². The zero-order valence-electron chi connectivity index (χ0n) is 8.95. The van der Waals surface area contributed by atoms with Crippen molar-refractivity contribution in [3.63, 3.8) is 0 Å². The third-order valence-corrected chi connectivity index (χ3v) is 3.60. The molecule has 2 atom stereocenters. The minimum absolute atomic E-state index is 0.233. The highest BCUT2D eigenvalue weighted by molar-refractivity contribution is 6.21. The van der Waals surface area contributed by atoms with Crippen molar-refractivity contribution in [3.8, 4) is 5.88 Å². The van der Waals surface area contributed by atoms with Crippen LogP contribution in [0.4, 0.5) is 0 Å². The van der Waals surface area contributed by atoms with Crippen molar-refractivity contribution in [2.24, 2.45) is 0 Å². The normalized spacial score (nSPS) is 26.3. The van der Waals surface area contributed by atoms with Gasteiger partial charge in [0, 0.05) is 23.1 Å². The molecule has 2 rings (SSSR count). The molecule has 0 aliphatic heterocycles. The zero-order chi connectivity index (χ0) is 10.7. The van der Waals surface area contributed by atoms with Crippen molar-refractivity contribution in [3.05, 3.63) is 23.9 Å². The summed E-state index contributed by atoms with van der Waals surface area (Å²) < 4.78 is 5.28. The van der Waals surface area contributed by atoms with Gasteiger partial charge in [-0.05, 0) is 18.9 Å². The van der Waals surface area contributed by atoms with Crippen molar-refractivity contribution in [2.45, 2.75) is 37.0 Å². The van der Waals surface area contributed by atoms with Crippen molar-refractivity contribution in [1.82, 2.24) is 4.98 Å². The summed E-state index contributed by atoms with van der Waals surface area (Å²) >= 11 is 6.36. The van der Waals surface area contributed by atoms with E-state index < -0.39 is 0 Å². The summed E-state index contributed by atoms with van der Waals surface area (Å²) in [6.07, 6.45) is 6.51. The molecule has 0 amide bonds. The second-order valence-electron chi connectivity index (χ2n) is 4.01. The second kappa shape index (κ2) is 4.84. The van der Waals surface area contributed by atoms with Crippen LogP contribution in [0.3, 0.4) is 0 Å². The predicted octanol–water partition coefficient (Wildman–Crippen LogP) is 3.36. The van der Waals surface area contributed by atoms with Crippen LogP contribution in [0.5, 0.6) is 5.88 Å². The molecule has 0 aromatic carbocycles. The molecule has 0 saturated heterocycles. The number of halogens is 1. The van der Waals surface area contributed by atoms with Crippen molar-refractivity contribution < 1.29 is 4.74 Å². The average molecular weight is 226 g/mol. The SMILES string of the molecule is COc1ncccc1C1CCCCC1Cl. The maximum absolute atomic E-state index is 6.36. The molecule has 1 saturated carbocycles. The fourth-order valence-electron chi connectivity index (χ4n) is 2.29. The van der Waals surface area contributed by atoms with Crippen molar-refractivity contribution in [1.29, 1.82) is 0 Å². The maximum atomic E-state index is 6.36. The van der Waals surface area contributed by atoms with E-state index in [-0.39, 0.29) is 5.38 Å². The van der Waals surface area contributed by atoms with Gasteiger partial charge in [0.05, 0.1) is 7.11 Å². The molecule has 15 heavy (non-hydrogen) atoms. The molecular weight excluding hydrogens is 210 g/mol. The van der Waals surface area contributed by atoms with Crippen LogP contribution in [0.25, 0.3) is 0 Å². The molecule has 2 nitrogen and oxygen atoms in total. The Bertz CT molecular complexity index is 329. The molecule has 2 unspecified atom stereocenters. The van der Waals surface area contributed by atoms with Gasteiger partial charge in [0.1, 0.15) is 0 Å². The van der Waals surface area contributed by atoms with Gasteiger partial charge in [0.2, 0.25) is 5.88 Å². The number of ether oxygens (including phenoxy) is 1. The number of pyridine rings is 1. The molecule has 0 spiro atoms.